The van der Waals surface area contributed by atoms with E-state index in [-0.39, 0.29) is 0 Å². The molecule has 1 aliphatic carbocycles. The maximum atomic E-state index is 3.60. The molecule has 0 radical (unpaired) electrons. The molecular formula is C13H27N. The molecular weight excluding hydrogens is 170 g/mol. The average molecular weight is 197 g/mol. The fourth-order valence-electron chi connectivity index (χ4n) is 2.47. The van der Waals surface area contributed by atoms with Crippen LogP contribution in [0, 0.1) is 5.41 Å². The minimum Gasteiger partial charge on any atom is -0.316 e. The van der Waals surface area contributed by atoms with Gasteiger partial charge in [-0.1, -0.05) is 39.5 Å². The Morgan fingerprint density at radius 1 is 1.07 bits per heavy atom. The summed E-state index contributed by atoms with van der Waals surface area (Å²) in [5, 5.41) is 3.60. The summed E-state index contributed by atoms with van der Waals surface area (Å²) < 4.78 is 0. The molecule has 0 unspecified atom stereocenters. The Balaban J connectivity index is 2.13. The summed E-state index contributed by atoms with van der Waals surface area (Å²) in [6.45, 7) is 7.03. The van der Waals surface area contributed by atoms with Crippen LogP contribution >= 0.6 is 0 Å². The number of hydrogen-bond donors (Lipinski definition) is 1. The quantitative estimate of drug-likeness (QED) is 0.585. The van der Waals surface area contributed by atoms with Crippen molar-refractivity contribution in [3.05, 3.63) is 0 Å². The second-order valence-electron chi connectivity index (χ2n) is 4.99. The zero-order chi connectivity index (χ0) is 10.3. The van der Waals surface area contributed by atoms with Gasteiger partial charge < -0.3 is 5.32 Å². The molecule has 1 rings (SSSR count). The fraction of sp³-hybridized carbons (Fsp3) is 1.00. The first kappa shape index (κ1) is 12.0. The van der Waals surface area contributed by atoms with Gasteiger partial charge in [-0.25, -0.2) is 0 Å². The molecule has 0 amide bonds. The molecule has 1 aliphatic rings. The van der Waals surface area contributed by atoms with Crippen molar-refractivity contribution >= 4 is 0 Å². The molecule has 1 nitrogen and oxygen atoms in total. The lowest BCUT2D eigenvalue weighted by Crippen LogP contribution is -2.40. The van der Waals surface area contributed by atoms with Crippen LogP contribution in [0.4, 0.5) is 0 Å². The largest absolute Gasteiger partial charge is 0.316 e. The van der Waals surface area contributed by atoms with Gasteiger partial charge in [0.1, 0.15) is 0 Å². The molecule has 0 aromatic rings. The van der Waals surface area contributed by atoms with Crippen LogP contribution in [0.3, 0.4) is 0 Å². The highest BCUT2D eigenvalue weighted by Crippen LogP contribution is 2.44. The van der Waals surface area contributed by atoms with Gasteiger partial charge in [0.25, 0.3) is 0 Å². The zero-order valence-electron chi connectivity index (χ0n) is 10.1. The van der Waals surface area contributed by atoms with E-state index in [2.05, 4.69) is 19.2 Å². The SMILES string of the molecule is CCCCCC1(CNCCC)CCC1. The van der Waals surface area contributed by atoms with E-state index in [1.54, 1.807) is 0 Å². The van der Waals surface area contributed by atoms with Gasteiger partial charge in [0.15, 0.2) is 0 Å². The van der Waals surface area contributed by atoms with Crippen LogP contribution < -0.4 is 5.32 Å². The van der Waals surface area contributed by atoms with Crippen molar-refractivity contribution < 1.29 is 0 Å². The summed E-state index contributed by atoms with van der Waals surface area (Å²) in [7, 11) is 0. The Kier molecular flexibility index (Phi) is 5.54. The highest BCUT2D eigenvalue weighted by molar-refractivity contribution is 4.89. The lowest BCUT2D eigenvalue weighted by atomic mass is 9.66. The molecule has 0 bridgehead atoms. The maximum absolute atomic E-state index is 3.60. The van der Waals surface area contributed by atoms with Gasteiger partial charge in [-0.15, -0.1) is 0 Å². The Morgan fingerprint density at radius 2 is 1.86 bits per heavy atom. The molecule has 1 heteroatoms. The first-order chi connectivity index (χ1) is 6.83. The van der Waals surface area contributed by atoms with Gasteiger partial charge in [0.05, 0.1) is 0 Å². The zero-order valence-corrected chi connectivity index (χ0v) is 10.1. The molecule has 0 aliphatic heterocycles. The minimum absolute atomic E-state index is 0.713. The van der Waals surface area contributed by atoms with Crippen molar-refractivity contribution in [2.45, 2.75) is 65.2 Å². The number of nitrogens with one attached hydrogen (secondary N) is 1. The molecule has 1 saturated carbocycles. The number of hydrogen-bond acceptors (Lipinski definition) is 1. The molecule has 0 aromatic heterocycles. The van der Waals surface area contributed by atoms with Crippen LogP contribution in [0.5, 0.6) is 0 Å². The van der Waals surface area contributed by atoms with Crippen molar-refractivity contribution in [3.63, 3.8) is 0 Å². The third-order valence-corrected chi connectivity index (χ3v) is 3.65. The highest BCUT2D eigenvalue weighted by atomic mass is 14.9. The monoisotopic (exact) mass is 197 g/mol. The second-order valence-corrected chi connectivity index (χ2v) is 4.99. The number of rotatable bonds is 8. The van der Waals surface area contributed by atoms with E-state index < -0.39 is 0 Å². The van der Waals surface area contributed by atoms with Crippen LogP contribution in [0.1, 0.15) is 65.2 Å². The van der Waals surface area contributed by atoms with Gasteiger partial charge >= 0.3 is 0 Å². The summed E-state index contributed by atoms with van der Waals surface area (Å²) in [4.78, 5) is 0. The normalized spacial score (nSPS) is 19.3. The Labute approximate surface area is 89.7 Å². The Hall–Kier alpha value is -0.0400. The molecule has 0 saturated heterocycles. The molecule has 0 heterocycles. The Bertz CT molecular complexity index is 126. The van der Waals surface area contributed by atoms with Gasteiger partial charge in [0, 0.05) is 6.54 Å². The molecule has 1 fully saturated rings. The van der Waals surface area contributed by atoms with E-state index in [1.807, 2.05) is 0 Å². The highest BCUT2D eigenvalue weighted by Gasteiger charge is 2.35. The van der Waals surface area contributed by atoms with E-state index in [4.69, 9.17) is 0 Å². The topological polar surface area (TPSA) is 12.0 Å². The Morgan fingerprint density at radius 3 is 2.36 bits per heavy atom. The van der Waals surface area contributed by atoms with Crippen molar-refractivity contribution in [1.29, 1.82) is 0 Å². The molecule has 84 valence electrons. The molecule has 1 N–H and O–H groups in total. The summed E-state index contributed by atoms with van der Waals surface area (Å²) in [5.74, 6) is 0. The van der Waals surface area contributed by atoms with Crippen LogP contribution in [0.15, 0.2) is 0 Å². The molecule has 14 heavy (non-hydrogen) atoms. The summed E-state index contributed by atoms with van der Waals surface area (Å²) in [5.41, 5.74) is 0.713. The third kappa shape index (κ3) is 3.61. The van der Waals surface area contributed by atoms with Crippen molar-refractivity contribution in [1.82, 2.24) is 5.32 Å². The smallest absolute Gasteiger partial charge is 0.000780 e. The predicted octanol–water partition coefficient (Wildman–Crippen LogP) is 3.74. The molecule has 0 aromatic carbocycles. The first-order valence-electron chi connectivity index (χ1n) is 6.54. The van der Waals surface area contributed by atoms with E-state index in [0.29, 0.717) is 5.41 Å². The lowest BCUT2D eigenvalue weighted by molar-refractivity contribution is 0.113. The molecule has 0 spiro atoms. The van der Waals surface area contributed by atoms with Gasteiger partial charge in [-0.3, -0.25) is 0 Å². The van der Waals surface area contributed by atoms with E-state index in [1.165, 1.54) is 64.5 Å². The van der Waals surface area contributed by atoms with Gasteiger partial charge in [-0.05, 0) is 37.6 Å². The maximum Gasteiger partial charge on any atom is 0.000780 e. The standard InChI is InChI=1S/C13H27N/c1-3-5-6-8-13(9-7-10-13)12-14-11-4-2/h14H,3-12H2,1-2H3. The van der Waals surface area contributed by atoms with E-state index >= 15 is 0 Å². The van der Waals surface area contributed by atoms with Crippen molar-refractivity contribution in [2.75, 3.05) is 13.1 Å². The summed E-state index contributed by atoms with van der Waals surface area (Å²) in [6.07, 6.45) is 11.4. The lowest BCUT2D eigenvalue weighted by Gasteiger charge is -2.42. The van der Waals surface area contributed by atoms with E-state index in [9.17, 15) is 0 Å². The van der Waals surface area contributed by atoms with Crippen molar-refractivity contribution in [2.24, 2.45) is 5.41 Å². The van der Waals surface area contributed by atoms with Crippen LogP contribution in [0.25, 0.3) is 0 Å². The number of unbranched alkanes of at least 4 members (excludes halogenated alkanes) is 2. The fourth-order valence-corrected chi connectivity index (χ4v) is 2.47. The van der Waals surface area contributed by atoms with E-state index in [0.717, 1.165) is 0 Å². The molecule has 0 atom stereocenters. The summed E-state index contributed by atoms with van der Waals surface area (Å²) in [6, 6.07) is 0. The van der Waals surface area contributed by atoms with Gasteiger partial charge in [-0.2, -0.15) is 0 Å². The van der Waals surface area contributed by atoms with Crippen LogP contribution in [-0.2, 0) is 0 Å². The summed E-state index contributed by atoms with van der Waals surface area (Å²) >= 11 is 0. The third-order valence-electron chi connectivity index (χ3n) is 3.65. The van der Waals surface area contributed by atoms with Gasteiger partial charge in [0.2, 0.25) is 0 Å². The first-order valence-corrected chi connectivity index (χ1v) is 6.54. The predicted molar refractivity (Wildman–Crippen MR) is 63.6 cm³/mol. The van der Waals surface area contributed by atoms with Crippen LogP contribution in [-0.4, -0.2) is 13.1 Å². The minimum atomic E-state index is 0.713. The average Bonchev–Trinajstić information content (AvgIpc) is 2.13. The van der Waals surface area contributed by atoms with Crippen molar-refractivity contribution in [3.8, 4) is 0 Å². The second kappa shape index (κ2) is 6.44. The van der Waals surface area contributed by atoms with Crippen LogP contribution in [0.2, 0.25) is 0 Å².